The number of hydrogen-bond acceptors (Lipinski definition) is 7. The van der Waals surface area contributed by atoms with Crippen LogP contribution in [0.5, 0.6) is 5.75 Å². The average Bonchev–Trinajstić information content (AvgIpc) is 3.08. The van der Waals surface area contributed by atoms with Gasteiger partial charge in [0, 0.05) is 11.6 Å². The van der Waals surface area contributed by atoms with Crippen LogP contribution in [0.15, 0.2) is 28.3 Å². The second kappa shape index (κ2) is 6.49. The molecular formula is C14H9BrN4O4S. The first-order chi connectivity index (χ1) is 11.5. The molecule has 3 aromatic rings. The highest BCUT2D eigenvalue weighted by molar-refractivity contribution is 9.10. The number of carbonyl (C=O) groups is 2. The number of nitrogens with one attached hydrogen (secondary N) is 1. The Bertz CT molecular complexity index is 946. The summed E-state index contributed by atoms with van der Waals surface area (Å²) in [5, 5.41) is 23.5. The highest BCUT2D eigenvalue weighted by Crippen LogP contribution is 2.34. The molecule has 0 fully saturated rings. The van der Waals surface area contributed by atoms with Crippen molar-refractivity contribution in [2.75, 3.05) is 6.54 Å². The molecule has 2 aromatic heterocycles. The smallest absolute Gasteiger partial charge is 0.322 e. The number of rotatable bonds is 4. The Morgan fingerprint density at radius 2 is 2.12 bits per heavy atom. The van der Waals surface area contributed by atoms with E-state index in [0.717, 1.165) is 0 Å². The van der Waals surface area contributed by atoms with Gasteiger partial charge in [-0.25, -0.2) is 9.97 Å². The first-order valence-electron chi connectivity index (χ1n) is 6.55. The number of thiazole rings is 1. The molecule has 1 aromatic carbocycles. The zero-order valence-electron chi connectivity index (χ0n) is 11.9. The number of carbonyl (C=O) groups excluding carboxylic acids is 1. The normalized spacial score (nSPS) is 10.7. The summed E-state index contributed by atoms with van der Waals surface area (Å²) >= 11 is 4.56. The highest BCUT2D eigenvalue weighted by atomic mass is 79.9. The van der Waals surface area contributed by atoms with Crippen LogP contribution in [0.4, 0.5) is 0 Å². The number of amides is 1. The molecule has 2 heterocycles. The summed E-state index contributed by atoms with van der Waals surface area (Å²) < 4.78 is 0.251. The van der Waals surface area contributed by atoms with Crippen molar-refractivity contribution < 1.29 is 19.8 Å². The van der Waals surface area contributed by atoms with Crippen LogP contribution in [-0.2, 0) is 4.79 Å². The number of fused-ring (bicyclic) bond motifs is 1. The lowest BCUT2D eigenvalue weighted by molar-refractivity contribution is -0.135. The van der Waals surface area contributed by atoms with Crippen LogP contribution in [0.2, 0.25) is 0 Å². The first kappa shape index (κ1) is 16.3. The number of phenolic OH excluding ortho intramolecular Hbond substituents is 1. The van der Waals surface area contributed by atoms with Crippen LogP contribution in [-0.4, -0.2) is 43.6 Å². The maximum atomic E-state index is 12.2. The number of carboxylic acids is 1. The number of carboxylic acid groups (broad SMARTS) is 1. The van der Waals surface area contributed by atoms with E-state index >= 15 is 0 Å². The van der Waals surface area contributed by atoms with Gasteiger partial charge in [-0.1, -0.05) is 0 Å². The molecule has 3 N–H and O–H groups in total. The molecule has 0 aliphatic heterocycles. The Morgan fingerprint density at radius 1 is 1.33 bits per heavy atom. The van der Waals surface area contributed by atoms with E-state index < -0.39 is 18.4 Å². The van der Waals surface area contributed by atoms with Crippen LogP contribution in [0.3, 0.4) is 0 Å². The fourth-order valence-electron chi connectivity index (χ4n) is 2.03. The number of aromatic nitrogens is 3. The predicted molar refractivity (Wildman–Crippen MR) is 90.0 cm³/mol. The van der Waals surface area contributed by atoms with Crippen LogP contribution < -0.4 is 5.32 Å². The van der Waals surface area contributed by atoms with Crippen molar-refractivity contribution in [3.05, 3.63) is 33.9 Å². The molecule has 1 amide bonds. The molecule has 0 radical (unpaired) electrons. The molecule has 122 valence electrons. The minimum atomic E-state index is -1.20. The molecule has 24 heavy (non-hydrogen) atoms. The SMILES string of the molecule is O=C(O)CNC(=O)c1c(O)c(Br)cc2nc(-c3nccs3)cnc12. The molecule has 0 saturated heterocycles. The number of benzene rings is 1. The molecule has 0 saturated carbocycles. The van der Waals surface area contributed by atoms with E-state index in [1.165, 1.54) is 23.6 Å². The minimum absolute atomic E-state index is 0.140. The maximum absolute atomic E-state index is 12.2. The topological polar surface area (TPSA) is 125 Å². The second-order valence-corrected chi connectivity index (χ2v) is 6.37. The van der Waals surface area contributed by atoms with Gasteiger partial charge in [-0.2, -0.15) is 0 Å². The molecule has 0 atom stereocenters. The molecular weight excluding hydrogens is 400 g/mol. The fraction of sp³-hybridized carbons (Fsp3) is 0.0714. The zero-order chi connectivity index (χ0) is 17.3. The number of nitrogens with zero attached hydrogens (tertiary/aromatic N) is 3. The highest BCUT2D eigenvalue weighted by Gasteiger charge is 2.21. The molecule has 10 heteroatoms. The summed E-state index contributed by atoms with van der Waals surface area (Å²) in [4.78, 5) is 35.6. The van der Waals surface area contributed by atoms with E-state index in [4.69, 9.17) is 5.11 Å². The van der Waals surface area contributed by atoms with Gasteiger partial charge in [-0.05, 0) is 22.0 Å². The van der Waals surface area contributed by atoms with Crippen LogP contribution in [0.25, 0.3) is 21.7 Å². The van der Waals surface area contributed by atoms with Crippen LogP contribution in [0.1, 0.15) is 10.4 Å². The van der Waals surface area contributed by atoms with Gasteiger partial charge in [0.25, 0.3) is 5.91 Å². The number of hydrogen-bond donors (Lipinski definition) is 3. The fourth-order valence-corrected chi connectivity index (χ4v) is 3.04. The van der Waals surface area contributed by atoms with E-state index in [2.05, 4.69) is 36.2 Å². The monoisotopic (exact) mass is 408 g/mol. The van der Waals surface area contributed by atoms with Gasteiger partial charge < -0.3 is 15.5 Å². The van der Waals surface area contributed by atoms with Crippen molar-refractivity contribution in [2.24, 2.45) is 0 Å². The third-order valence-electron chi connectivity index (χ3n) is 3.04. The van der Waals surface area contributed by atoms with Crippen molar-refractivity contribution in [2.45, 2.75) is 0 Å². The molecule has 3 rings (SSSR count). The van der Waals surface area contributed by atoms with Gasteiger partial charge in [-0.3, -0.25) is 14.6 Å². The van der Waals surface area contributed by atoms with Crippen LogP contribution in [0, 0.1) is 0 Å². The lowest BCUT2D eigenvalue weighted by Crippen LogP contribution is -2.29. The Balaban J connectivity index is 2.12. The van der Waals surface area contributed by atoms with E-state index in [1.807, 2.05) is 0 Å². The van der Waals surface area contributed by atoms with E-state index in [-0.39, 0.29) is 21.3 Å². The average molecular weight is 409 g/mol. The number of phenols is 1. The Morgan fingerprint density at radius 3 is 2.79 bits per heavy atom. The molecule has 0 spiro atoms. The van der Waals surface area contributed by atoms with E-state index in [9.17, 15) is 14.7 Å². The Kier molecular flexibility index (Phi) is 4.40. The number of halogens is 1. The minimum Gasteiger partial charge on any atom is -0.506 e. The number of aromatic hydroxyl groups is 1. The standard InChI is InChI=1S/C14H9BrN4O4S/c15-6-3-7-11(10(12(6)22)13(23)18-5-9(20)21)17-4-8(19-7)14-16-1-2-24-14/h1-4,22H,5H2,(H,18,23)(H,20,21). The Hall–Kier alpha value is -2.59. The zero-order valence-corrected chi connectivity index (χ0v) is 14.3. The van der Waals surface area contributed by atoms with Gasteiger partial charge in [0.05, 0.1) is 16.2 Å². The van der Waals surface area contributed by atoms with Gasteiger partial charge in [0.15, 0.2) is 0 Å². The maximum Gasteiger partial charge on any atom is 0.322 e. The van der Waals surface area contributed by atoms with E-state index in [0.29, 0.717) is 16.2 Å². The van der Waals surface area contributed by atoms with Crippen molar-refractivity contribution in [3.8, 4) is 16.5 Å². The molecule has 8 nitrogen and oxygen atoms in total. The van der Waals surface area contributed by atoms with Crippen molar-refractivity contribution in [3.63, 3.8) is 0 Å². The van der Waals surface area contributed by atoms with Crippen molar-refractivity contribution >= 4 is 50.2 Å². The second-order valence-electron chi connectivity index (χ2n) is 4.62. The van der Waals surface area contributed by atoms with E-state index in [1.54, 1.807) is 11.6 Å². The quantitative estimate of drug-likeness (QED) is 0.602. The van der Waals surface area contributed by atoms with Crippen molar-refractivity contribution in [1.29, 1.82) is 0 Å². The summed E-state index contributed by atoms with van der Waals surface area (Å²) in [5.74, 6) is -2.28. The molecule has 0 aliphatic carbocycles. The third-order valence-corrected chi connectivity index (χ3v) is 4.44. The van der Waals surface area contributed by atoms with Gasteiger partial charge in [0.1, 0.15) is 34.1 Å². The predicted octanol–water partition coefficient (Wildman–Crippen LogP) is 2.04. The van der Waals surface area contributed by atoms with Gasteiger partial charge >= 0.3 is 5.97 Å². The molecule has 0 bridgehead atoms. The van der Waals surface area contributed by atoms with Gasteiger partial charge in [0.2, 0.25) is 0 Å². The summed E-state index contributed by atoms with van der Waals surface area (Å²) in [6.45, 7) is -0.573. The van der Waals surface area contributed by atoms with Crippen LogP contribution >= 0.6 is 27.3 Å². The number of aliphatic carboxylic acids is 1. The molecule has 0 unspecified atom stereocenters. The largest absolute Gasteiger partial charge is 0.506 e. The summed E-state index contributed by atoms with van der Waals surface area (Å²) in [7, 11) is 0. The van der Waals surface area contributed by atoms with Gasteiger partial charge in [-0.15, -0.1) is 11.3 Å². The lowest BCUT2D eigenvalue weighted by Gasteiger charge is -2.10. The first-order valence-corrected chi connectivity index (χ1v) is 8.22. The lowest BCUT2D eigenvalue weighted by atomic mass is 10.1. The summed E-state index contributed by atoms with van der Waals surface area (Å²) in [5.41, 5.74) is 0.928. The molecule has 0 aliphatic rings. The third kappa shape index (κ3) is 3.05. The Labute approximate surface area is 147 Å². The summed E-state index contributed by atoms with van der Waals surface area (Å²) in [6, 6.07) is 1.53. The summed E-state index contributed by atoms with van der Waals surface area (Å²) in [6.07, 6.45) is 3.09. The van der Waals surface area contributed by atoms with Crippen molar-refractivity contribution in [1.82, 2.24) is 20.3 Å².